The van der Waals surface area contributed by atoms with Crippen molar-refractivity contribution in [1.82, 2.24) is 9.29 Å². The molecule has 0 atom stereocenters. The first-order valence-corrected chi connectivity index (χ1v) is 13.8. The zero-order valence-electron chi connectivity index (χ0n) is 17.0. The van der Waals surface area contributed by atoms with E-state index in [4.69, 9.17) is 11.6 Å². The minimum absolute atomic E-state index is 0.109. The molecule has 32 heavy (non-hydrogen) atoms. The van der Waals surface area contributed by atoms with Crippen molar-refractivity contribution in [1.29, 1.82) is 0 Å². The second-order valence-electron chi connectivity index (χ2n) is 7.11. The second kappa shape index (κ2) is 10.2. The van der Waals surface area contributed by atoms with Crippen LogP contribution in [0.4, 0.5) is 0 Å². The van der Waals surface area contributed by atoms with Gasteiger partial charge in [0.1, 0.15) is 0 Å². The highest BCUT2D eigenvalue weighted by Gasteiger charge is 2.16. The van der Waals surface area contributed by atoms with Crippen molar-refractivity contribution in [3.05, 3.63) is 98.6 Å². The van der Waals surface area contributed by atoms with E-state index in [0.29, 0.717) is 28.6 Å². The molecule has 5 nitrogen and oxygen atoms in total. The summed E-state index contributed by atoms with van der Waals surface area (Å²) in [4.78, 5) is 12.5. The third-order valence-corrected chi connectivity index (χ3v) is 8.66. The van der Waals surface area contributed by atoms with Gasteiger partial charge in [-0.1, -0.05) is 71.5 Å². The standard InChI is InChI=1S/C23H21ClN2O3S3/c24-20-9-5-4-8-18(20)16-30-13-12-25-32(28,29)19-10-11-21-22(14-19)31-23(27)26(21)15-17-6-2-1-3-7-17/h1-11,14,25H,12-13,15-16H2. The Balaban J connectivity index is 1.41. The first-order chi connectivity index (χ1) is 15.4. The predicted molar refractivity (Wildman–Crippen MR) is 134 cm³/mol. The molecular weight excluding hydrogens is 484 g/mol. The number of rotatable bonds is 9. The van der Waals surface area contributed by atoms with Crippen molar-refractivity contribution in [2.45, 2.75) is 17.2 Å². The minimum Gasteiger partial charge on any atom is -0.294 e. The predicted octanol–water partition coefficient (Wildman–Crippen LogP) is 4.98. The summed E-state index contributed by atoms with van der Waals surface area (Å²) >= 11 is 8.82. The molecule has 1 heterocycles. The molecule has 0 bridgehead atoms. The third kappa shape index (κ3) is 5.44. The van der Waals surface area contributed by atoms with Gasteiger partial charge in [-0.25, -0.2) is 13.1 Å². The molecule has 0 amide bonds. The van der Waals surface area contributed by atoms with E-state index in [-0.39, 0.29) is 9.77 Å². The molecule has 0 saturated heterocycles. The van der Waals surface area contributed by atoms with Crippen LogP contribution in [0.25, 0.3) is 10.2 Å². The smallest absolute Gasteiger partial charge is 0.294 e. The van der Waals surface area contributed by atoms with Crippen LogP contribution in [0.3, 0.4) is 0 Å². The summed E-state index contributed by atoms with van der Waals surface area (Å²) in [5, 5.41) is 0.715. The van der Waals surface area contributed by atoms with Crippen LogP contribution in [0.2, 0.25) is 5.02 Å². The van der Waals surface area contributed by atoms with Gasteiger partial charge in [-0.2, -0.15) is 11.8 Å². The van der Waals surface area contributed by atoms with Gasteiger partial charge in [0.15, 0.2) is 0 Å². The molecule has 3 aromatic carbocycles. The Labute approximate surface area is 200 Å². The highest BCUT2D eigenvalue weighted by Crippen LogP contribution is 2.23. The van der Waals surface area contributed by atoms with Crippen LogP contribution in [0.1, 0.15) is 11.1 Å². The fraction of sp³-hybridized carbons (Fsp3) is 0.174. The van der Waals surface area contributed by atoms with Gasteiger partial charge >= 0.3 is 4.87 Å². The lowest BCUT2D eigenvalue weighted by molar-refractivity contribution is 0.584. The highest BCUT2D eigenvalue weighted by molar-refractivity contribution is 7.98. The first kappa shape index (κ1) is 23.1. The summed E-state index contributed by atoms with van der Waals surface area (Å²) in [5.74, 6) is 1.34. The molecule has 0 radical (unpaired) electrons. The zero-order chi connectivity index (χ0) is 22.6. The topological polar surface area (TPSA) is 68.2 Å². The zero-order valence-corrected chi connectivity index (χ0v) is 20.2. The monoisotopic (exact) mass is 504 g/mol. The van der Waals surface area contributed by atoms with Gasteiger partial charge in [0.05, 0.1) is 21.7 Å². The average molecular weight is 505 g/mol. The molecule has 0 unspecified atom stereocenters. The molecule has 166 valence electrons. The number of benzene rings is 3. The maximum Gasteiger partial charge on any atom is 0.308 e. The molecule has 4 aromatic rings. The number of nitrogens with zero attached hydrogens (tertiary/aromatic N) is 1. The number of nitrogens with one attached hydrogen (secondary N) is 1. The number of aromatic nitrogens is 1. The molecule has 0 fully saturated rings. The van der Waals surface area contributed by atoms with Crippen LogP contribution >= 0.6 is 34.7 Å². The quantitative estimate of drug-likeness (QED) is 0.326. The van der Waals surface area contributed by atoms with Crippen molar-refractivity contribution >= 4 is 54.9 Å². The van der Waals surface area contributed by atoms with E-state index < -0.39 is 10.0 Å². The molecule has 4 rings (SSSR count). The van der Waals surface area contributed by atoms with Gasteiger partial charge in [0.25, 0.3) is 0 Å². The maximum atomic E-state index is 12.7. The normalized spacial score (nSPS) is 11.8. The minimum atomic E-state index is -3.66. The maximum absolute atomic E-state index is 12.7. The number of thiazole rings is 1. The summed E-state index contributed by atoms with van der Waals surface area (Å²) in [6.45, 7) is 0.757. The van der Waals surface area contributed by atoms with Gasteiger partial charge in [0, 0.05) is 23.1 Å². The Morgan fingerprint density at radius 3 is 2.53 bits per heavy atom. The largest absolute Gasteiger partial charge is 0.308 e. The summed E-state index contributed by atoms with van der Waals surface area (Å²) in [6, 6.07) is 22.2. The van der Waals surface area contributed by atoms with Crippen molar-refractivity contribution < 1.29 is 8.42 Å². The summed E-state index contributed by atoms with van der Waals surface area (Å²) in [6.07, 6.45) is 0. The summed E-state index contributed by atoms with van der Waals surface area (Å²) in [7, 11) is -3.66. The van der Waals surface area contributed by atoms with Crippen molar-refractivity contribution in [2.24, 2.45) is 0 Å². The van der Waals surface area contributed by atoms with Crippen LogP contribution in [0, 0.1) is 0 Å². The van der Waals surface area contributed by atoms with Crippen molar-refractivity contribution in [2.75, 3.05) is 12.3 Å². The van der Waals surface area contributed by atoms with Gasteiger partial charge in [-0.15, -0.1) is 0 Å². The second-order valence-corrected chi connectivity index (χ2v) is 11.4. The van der Waals surface area contributed by atoms with Crippen LogP contribution in [-0.2, 0) is 22.3 Å². The molecular formula is C23H21ClN2O3S3. The van der Waals surface area contributed by atoms with Crippen LogP contribution in [0.15, 0.2) is 82.5 Å². The molecule has 9 heteroatoms. The Kier molecular flexibility index (Phi) is 7.37. The van der Waals surface area contributed by atoms with E-state index in [1.807, 2.05) is 54.6 Å². The fourth-order valence-electron chi connectivity index (χ4n) is 3.26. The highest BCUT2D eigenvalue weighted by atomic mass is 35.5. The van der Waals surface area contributed by atoms with Gasteiger partial charge in [-0.05, 0) is 35.4 Å². The Morgan fingerprint density at radius 2 is 1.75 bits per heavy atom. The number of hydrogen-bond acceptors (Lipinski definition) is 5. The van der Waals surface area contributed by atoms with E-state index in [1.165, 1.54) is 0 Å². The first-order valence-electron chi connectivity index (χ1n) is 9.92. The number of halogens is 1. The van der Waals surface area contributed by atoms with Crippen LogP contribution in [0.5, 0.6) is 0 Å². The van der Waals surface area contributed by atoms with Crippen LogP contribution < -0.4 is 9.60 Å². The summed E-state index contributed by atoms with van der Waals surface area (Å²) < 4.78 is 30.4. The lowest BCUT2D eigenvalue weighted by atomic mass is 10.2. The third-order valence-electron chi connectivity index (χ3n) is 4.89. The number of thioether (sulfide) groups is 1. The number of sulfonamides is 1. The SMILES string of the molecule is O=c1sc2cc(S(=O)(=O)NCCSCc3ccccc3Cl)ccc2n1Cc1ccccc1. The van der Waals surface area contributed by atoms with Gasteiger partial charge in [0.2, 0.25) is 10.0 Å². The van der Waals surface area contributed by atoms with E-state index in [2.05, 4.69) is 4.72 Å². The molecule has 0 aliphatic carbocycles. The molecule has 1 aromatic heterocycles. The van der Waals surface area contributed by atoms with E-state index in [9.17, 15) is 13.2 Å². The number of fused-ring (bicyclic) bond motifs is 1. The Hall–Kier alpha value is -2.10. The van der Waals surface area contributed by atoms with E-state index >= 15 is 0 Å². The van der Waals surface area contributed by atoms with Crippen molar-refractivity contribution in [3.8, 4) is 0 Å². The van der Waals surface area contributed by atoms with Gasteiger partial charge < -0.3 is 0 Å². The average Bonchev–Trinajstić information content (AvgIpc) is 3.09. The molecule has 0 aliphatic rings. The molecule has 0 saturated carbocycles. The number of hydrogen-bond donors (Lipinski definition) is 1. The molecule has 0 aliphatic heterocycles. The molecule has 0 spiro atoms. The molecule has 1 N–H and O–H groups in total. The fourth-order valence-corrected chi connectivity index (χ4v) is 6.59. The Bertz CT molecular complexity index is 1380. The summed E-state index contributed by atoms with van der Waals surface area (Å²) in [5.41, 5.74) is 2.78. The van der Waals surface area contributed by atoms with Gasteiger partial charge in [-0.3, -0.25) is 9.36 Å². The Morgan fingerprint density at radius 1 is 1.00 bits per heavy atom. The lowest BCUT2D eigenvalue weighted by Crippen LogP contribution is -2.26. The van der Waals surface area contributed by atoms with Crippen LogP contribution in [-0.4, -0.2) is 25.3 Å². The van der Waals surface area contributed by atoms with Crippen molar-refractivity contribution in [3.63, 3.8) is 0 Å². The lowest BCUT2D eigenvalue weighted by Gasteiger charge is -2.08. The van der Waals surface area contributed by atoms with E-state index in [1.54, 1.807) is 34.5 Å². The van der Waals surface area contributed by atoms with E-state index in [0.717, 1.165) is 33.7 Å².